The van der Waals surface area contributed by atoms with Crippen molar-refractivity contribution in [2.24, 2.45) is 5.92 Å². The molecule has 5 heteroatoms. The van der Waals surface area contributed by atoms with Gasteiger partial charge in [-0.2, -0.15) is 0 Å². The third-order valence-corrected chi connectivity index (χ3v) is 4.56. The molecule has 2 atom stereocenters. The summed E-state index contributed by atoms with van der Waals surface area (Å²) in [5.41, 5.74) is 1.12. The number of nitrogens with zero attached hydrogens (tertiary/aromatic N) is 1. The molecular formula is C16H21ClN2O2. The summed E-state index contributed by atoms with van der Waals surface area (Å²) in [7, 11) is 1.89. The van der Waals surface area contributed by atoms with Crippen LogP contribution in [-0.4, -0.2) is 43.2 Å². The normalized spacial score (nSPS) is 25.0. The van der Waals surface area contributed by atoms with Gasteiger partial charge in [-0.05, 0) is 37.6 Å². The monoisotopic (exact) mass is 308 g/mol. The highest BCUT2D eigenvalue weighted by Crippen LogP contribution is 2.31. The number of benzene rings is 1. The first-order chi connectivity index (χ1) is 10.2. The molecule has 2 fully saturated rings. The minimum absolute atomic E-state index is 0.0668. The standard InChI is InChI=1S/C16H21ClN2O2/c1-18-15-10-21-9-14(15)16(20)19(13-6-7-13)8-11-2-4-12(17)5-3-11/h2-5,13-15,18H,6-10H2,1H3. The molecule has 21 heavy (non-hydrogen) atoms. The van der Waals surface area contributed by atoms with Gasteiger partial charge in [0.1, 0.15) is 0 Å². The molecule has 3 rings (SSSR count). The highest BCUT2D eigenvalue weighted by atomic mass is 35.5. The number of carbonyl (C=O) groups is 1. The quantitative estimate of drug-likeness (QED) is 0.905. The Kier molecular flexibility index (Phi) is 4.48. The van der Waals surface area contributed by atoms with Gasteiger partial charge in [0.25, 0.3) is 0 Å². The molecule has 2 aliphatic rings. The molecule has 1 aliphatic carbocycles. The van der Waals surface area contributed by atoms with Crippen LogP contribution in [0, 0.1) is 5.92 Å². The minimum Gasteiger partial charge on any atom is -0.379 e. The van der Waals surface area contributed by atoms with Crippen molar-refractivity contribution in [3.8, 4) is 0 Å². The van der Waals surface area contributed by atoms with Gasteiger partial charge in [-0.3, -0.25) is 4.79 Å². The SMILES string of the molecule is CNC1COCC1C(=O)N(Cc1ccc(Cl)cc1)C1CC1. The molecule has 2 unspecified atom stereocenters. The maximum atomic E-state index is 12.8. The van der Waals surface area contributed by atoms with E-state index in [-0.39, 0.29) is 17.9 Å². The Bertz CT molecular complexity index is 502. The molecule has 4 nitrogen and oxygen atoms in total. The lowest BCUT2D eigenvalue weighted by Gasteiger charge is -2.27. The van der Waals surface area contributed by atoms with Crippen molar-refractivity contribution in [1.82, 2.24) is 10.2 Å². The Balaban J connectivity index is 1.72. The van der Waals surface area contributed by atoms with E-state index in [1.54, 1.807) is 0 Å². The Morgan fingerprint density at radius 1 is 1.33 bits per heavy atom. The van der Waals surface area contributed by atoms with E-state index in [0.29, 0.717) is 25.8 Å². The maximum Gasteiger partial charge on any atom is 0.230 e. The summed E-state index contributed by atoms with van der Waals surface area (Å²) < 4.78 is 5.47. The van der Waals surface area contributed by atoms with Crippen LogP contribution in [0.2, 0.25) is 5.02 Å². The molecule has 1 aromatic rings. The fourth-order valence-electron chi connectivity index (χ4n) is 2.85. The topological polar surface area (TPSA) is 41.6 Å². The van der Waals surface area contributed by atoms with Gasteiger partial charge in [-0.25, -0.2) is 0 Å². The number of ether oxygens (including phenoxy) is 1. The summed E-state index contributed by atoms with van der Waals surface area (Å²) in [5.74, 6) is 0.146. The number of hydrogen-bond acceptors (Lipinski definition) is 3. The summed E-state index contributed by atoms with van der Waals surface area (Å²) in [4.78, 5) is 14.9. The largest absolute Gasteiger partial charge is 0.379 e. The van der Waals surface area contributed by atoms with Crippen LogP contribution < -0.4 is 5.32 Å². The van der Waals surface area contributed by atoms with Crippen molar-refractivity contribution in [1.29, 1.82) is 0 Å². The lowest BCUT2D eigenvalue weighted by Crippen LogP contribution is -2.45. The van der Waals surface area contributed by atoms with Crippen molar-refractivity contribution in [2.75, 3.05) is 20.3 Å². The van der Waals surface area contributed by atoms with Gasteiger partial charge in [0, 0.05) is 23.7 Å². The lowest BCUT2D eigenvalue weighted by atomic mass is 10.0. The predicted molar refractivity (Wildman–Crippen MR) is 82.2 cm³/mol. The van der Waals surface area contributed by atoms with E-state index >= 15 is 0 Å². The molecule has 1 saturated heterocycles. The third kappa shape index (κ3) is 3.39. The summed E-state index contributed by atoms with van der Waals surface area (Å²) in [5, 5.41) is 3.92. The second kappa shape index (κ2) is 6.34. The van der Waals surface area contributed by atoms with Crippen LogP contribution in [0.1, 0.15) is 18.4 Å². The van der Waals surface area contributed by atoms with Crippen LogP contribution in [0.3, 0.4) is 0 Å². The first kappa shape index (κ1) is 14.8. The number of carbonyl (C=O) groups excluding carboxylic acids is 1. The highest BCUT2D eigenvalue weighted by molar-refractivity contribution is 6.30. The molecular weight excluding hydrogens is 288 g/mol. The molecule has 1 N–H and O–H groups in total. The van der Waals surface area contributed by atoms with Gasteiger partial charge in [-0.1, -0.05) is 23.7 Å². The van der Waals surface area contributed by atoms with Gasteiger partial charge in [0.05, 0.1) is 19.1 Å². The zero-order valence-electron chi connectivity index (χ0n) is 12.2. The maximum absolute atomic E-state index is 12.8. The Labute approximate surface area is 130 Å². The number of nitrogens with one attached hydrogen (secondary N) is 1. The van der Waals surface area contributed by atoms with Crippen LogP contribution >= 0.6 is 11.6 Å². The van der Waals surface area contributed by atoms with E-state index in [9.17, 15) is 4.79 Å². The number of likely N-dealkylation sites (N-methyl/N-ethyl adjacent to an activating group) is 1. The summed E-state index contributed by atoms with van der Waals surface area (Å²) in [6, 6.07) is 8.26. The van der Waals surface area contributed by atoms with Crippen molar-refractivity contribution >= 4 is 17.5 Å². The molecule has 0 bridgehead atoms. The average Bonchev–Trinajstić information content (AvgIpc) is 3.22. The predicted octanol–water partition coefficient (Wildman–Crippen LogP) is 2.07. The molecule has 1 heterocycles. The van der Waals surface area contributed by atoms with Crippen LogP contribution in [0.5, 0.6) is 0 Å². The van der Waals surface area contributed by atoms with E-state index in [0.717, 1.165) is 23.4 Å². The molecule has 114 valence electrons. The van der Waals surface area contributed by atoms with Crippen molar-refractivity contribution in [3.63, 3.8) is 0 Å². The number of halogens is 1. The number of amides is 1. The zero-order chi connectivity index (χ0) is 14.8. The Morgan fingerprint density at radius 3 is 2.67 bits per heavy atom. The van der Waals surface area contributed by atoms with Gasteiger partial charge in [0.2, 0.25) is 5.91 Å². The molecule has 0 radical (unpaired) electrons. The molecule has 0 aromatic heterocycles. The van der Waals surface area contributed by atoms with Crippen molar-refractivity contribution in [2.45, 2.75) is 31.5 Å². The molecule has 0 spiro atoms. The van der Waals surface area contributed by atoms with Gasteiger partial charge < -0.3 is 15.0 Å². The Hall–Kier alpha value is -1.10. The number of hydrogen-bond donors (Lipinski definition) is 1. The fourth-order valence-corrected chi connectivity index (χ4v) is 2.98. The summed E-state index contributed by atoms with van der Waals surface area (Å²) in [6.45, 7) is 1.80. The first-order valence-corrected chi connectivity index (χ1v) is 7.87. The van der Waals surface area contributed by atoms with Gasteiger partial charge >= 0.3 is 0 Å². The van der Waals surface area contributed by atoms with E-state index in [1.165, 1.54) is 0 Å². The van der Waals surface area contributed by atoms with E-state index < -0.39 is 0 Å². The van der Waals surface area contributed by atoms with Crippen molar-refractivity contribution in [3.05, 3.63) is 34.9 Å². The van der Waals surface area contributed by atoms with Crippen LogP contribution in [0.25, 0.3) is 0 Å². The van der Waals surface area contributed by atoms with Gasteiger partial charge in [-0.15, -0.1) is 0 Å². The second-order valence-electron chi connectivity index (χ2n) is 5.86. The second-order valence-corrected chi connectivity index (χ2v) is 6.30. The van der Waals surface area contributed by atoms with E-state index in [2.05, 4.69) is 5.32 Å². The van der Waals surface area contributed by atoms with Crippen molar-refractivity contribution < 1.29 is 9.53 Å². The third-order valence-electron chi connectivity index (χ3n) is 4.31. The average molecular weight is 309 g/mol. The molecule has 1 aliphatic heterocycles. The van der Waals surface area contributed by atoms with E-state index in [4.69, 9.17) is 16.3 Å². The van der Waals surface area contributed by atoms with E-state index in [1.807, 2.05) is 36.2 Å². The minimum atomic E-state index is -0.0668. The molecule has 1 aromatic carbocycles. The molecule has 1 saturated carbocycles. The van der Waals surface area contributed by atoms with Crippen LogP contribution in [-0.2, 0) is 16.1 Å². The molecule has 1 amide bonds. The number of rotatable bonds is 5. The lowest BCUT2D eigenvalue weighted by molar-refractivity contribution is -0.137. The summed E-state index contributed by atoms with van der Waals surface area (Å²) >= 11 is 5.92. The Morgan fingerprint density at radius 2 is 2.05 bits per heavy atom. The fraction of sp³-hybridized carbons (Fsp3) is 0.562. The smallest absolute Gasteiger partial charge is 0.230 e. The van der Waals surface area contributed by atoms with Gasteiger partial charge in [0.15, 0.2) is 0 Å². The highest BCUT2D eigenvalue weighted by Gasteiger charge is 2.40. The summed E-state index contributed by atoms with van der Waals surface area (Å²) in [6.07, 6.45) is 2.22. The van der Waals surface area contributed by atoms with Crippen LogP contribution in [0.4, 0.5) is 0 Å². The first-order valence-electron chi connectivity index (χ1n) is 7.49. The van der Waals surface area contributed by atoms with Crippen LogP contribution in [0.15, 0.2) is 24.3 Å². The zero-order valence-corrected chi connectivity index (χ0v) is 13.0.